The minimum absolute atomic E-state index is 0.180. The molecule has 2 heterocycles. The SMILES string of the molecule is O=C(Cn1nc2nc(Nc3ccccc3)ccn2c1=O)Nc1ccc2c(c1)CCC2. The average molecular weight is 400 g/mol. The van der Waals surface area contributed by atoms with E-state index < -0.39 is 5.69 Å². The molecule has 0 atom stereocenters. The number of aromatic nitrogens is 4. The number of amides is 1. The number of anilines is 3. The van der Waals surface area contributed by atoms with Gasteiger partial charge >= 0.3 is 5.69 Å². The largest absolute Gasteiger partial charge is 0.352 e. The van der Waals surface area contributed by atoms with Gasteiger partial charge in [-0.1, -0.05) is 24.3 Å². The van der Waals surface area contributed by atoms with Gasteiger partial charge in [0, 0.05) is 17.6 Å². The molecule has 1 amide bonds. The summed E-state index contributed by atoms with van der Waals surface area (Å²) in [5.41, 5.74) is 3.83. The number of fused-ring (bicyclic) bond motifs is 2. The number of aryl methyl sites for hydroxylation is 2. The van der Waals surface area contributed by atoms with Crippen molar-refractivity contribution in [3.63, 3.8) is 0 Å². The molecule has 8 heteroatoms. The highest BCUT2D eigenvalue weighted by Gasteiger charge is 2.14. The third kappa shape index (κ3) is 3.55. The Balaban J connectivity index is 1.33. The van der Waals surface area contributed by atoms with Crippen molar-refractivity contribution in [1.29, 1.82) is 0 Å². The molecule has 1 aliphatic rings. The zero-order valence-electron chi connectivity index (χ0n) is 16.2. The average Bonchev–Trinajstić information content (AvgIpc) is 3.33. The summed E-state index contributed by atoms with van der Waals surface area (Å²) in [7, 11) is 0. The number of benzene rings is 2. The Morgan fingerprint density at radius 1 is 1.00 bits per heavy atom. The van der Waals surface area contributed by atoms with E-state index >= 15 is 0 Å². The monoisotopic (exact) mass is 400 g/mol. The molecular formula is C22H20N6O2. The van der Waals surface area contributed by atoms with E-state index in [4.69, 9.17) is 0 Å². The first-order valence-corrected chi connectivity index (χ1v) is 9.86. The number of rotatable bonds is 5. The fourth-order valence-corrected chi connectivity index (χ4v) is 3.73. The highest BCUT2D eigenvalue weighted by molar-refractivity contribution is 5.90. The Labute approximate surface area is 172 Å². The van der Waals surface area contributed by atoms with Crippen molar-refractivity contribution in [3.8, 4) is 0 Å². The number of nitrogens with zero attached hydrogens (tertiary/aromatic N) is 4. The minimum Gasteiger partial charge on any atom is -0.340 e. The number of nitrogens with one attached hydrogen (secondary N) is 2. The summed E-state index contributed by atoms with van der Waals surface area (Å²) in [5.74, 6) is 0.487. The van der Waals surface area contributed by atoms with Gasteiger partial charge in [0.2, 0.25) is 5.91 Å². The Kier molecular flexibility index (Phi) is 4.51. The summed E-state index contributed by atoms with van der Waals surface area (Å²) in [6.45, 7) is -0.180. The van der Waals surface area contributed by atoms with Gasteiger partial charge in [0.1, 0.15) is 12.4 Å². The highest BCUT2D eigenvalue weighted by Crippen LogP contribution is 2.24. The van der Waals surface area contributed by atoms with Crippen LogP contribution in [0.25, 0.3) is 5.78 Å². The first-order chi connectivity index (χ1) is 14.7. The molecular weight excluding hydrogens is 380 g/mol. The van der Waals surface area contributed by atoms with Crippen LogP contribution in [-0.2, 0) is 24.2 Å². The van der Waals surface area contributed by atoms with E-state index in [1.54, 1.807) is 12.3 Å². The van der Waals surface area contributed by atoms with Crippen LogP contribution >= 0.6 is 0 Å². The molecule has 0 saturated carbocycles. The topological polar surface area (TPSA) is 93.3 Å². The molecule has 1 aliphatic carbocycles. The maximum atomic E-state index is 12.6. The molecule has 0 aliphatic heterocycles. The Bertz CT molecular complexity index is 1290. The van der Waals surface area contributed by atoms with Crippen molar-refractivity contribution in [2.75, 3.05) is 10.6 Å². The maximum absolute atomic E-state index is 12.6. The van der Waals surface area contributed by atoms with Gasteiger partial charge in [-0.15, -0.1) is 5.10 Å². The van der Waals surface area contributed by atoms with Gasteiger partial charge in [-0.2, -0.15) is 4.98 Å². The van der Waals surface area contributed by atoms with Crippen LogP contribution in [0.1, 0.15) is 17.5 Å². The molecule has 30 heavy (non-hydrogen) atoms. The second-order valence-electron chi connectivity index (χ2n) is 7.30. The zero-order valence-corrected chi connectivity index (χ0v) is 16.2. The minimum atomic E-state index is -0.409. The Morgan fingerprint density at radius 2 is 1.83 bits per heavy atom. The van der Waals surface area contributed by atoms with E-state index in [0.29, 0.717) is 5.82 Å². The van der Waals surface area contributed by atoms with E-state index in [-0.39, 0.29) is 18.2 Å². The van der Waals surface area contributed by atoms with Crippen molar-refractivity contribution in [2.24, 2.45) is 0 Å². The van der Waals surface area contributed by atoms with Gasteiger partial charge < -0.3 is 10.6 Å². The maximum Gasteiger partial charge on any atom is 0.352 e. The fourth-order valence-electron chi connectivity index (χ4n) is 3.73. The van der Waals surface area contributed by atoms with Crippen LogP contribution in [0.15, 0.2) is 65.6 Å². The lowest BCUT2D eigenvalue weighted by atomic mass is 10.1. The summed E-state index contributed by atoms with van der Waals surface area (Å²) in [4.78, 5) is 29.4. The van der Waals surface area contributed by atoms with Gasteiger partial charge in [-0.05, 0) is 60.7 Å². The van der Waals surface area contributed by atoms with Gasteiger partial charge in [0.05, 0.1) is 0 Å². The van der Waals surface area contributed by atoms with E-state index in [1.165, 1.54) is 15.5 Å². The van der Waals surface area contributed by atoms with Crippen molar-refractivity contribution in [1.82, 2.24) is 19.2 Å². The summed E-state index contributed by atoms with van der Waals surface area (Å²) >= 11 is 0. The van der Waals surface area contributed by atoms with E-state index in [1.807, 2.05) is 42.5 Å². The molecule has 0 bridgehead atoms. The predicted octanol–water partition coefficient (Wildman–Crippen LogP) is 2.76. The van der Waals surface area contributed by atoms with Crippen LogP contribution in [0, 0.1) is 0 Å². The lowest BCUT2D eigenvalue weighted by molar-refractivity contribution is -0.117. The summed E-state index contributed by atoms with van der Waals surface area (Å²) in [5, 5.41) is 10.2. The predicted molar refractivity (Wildman–Crippen MR) is 114 cm³/mol. The molecule has 0 unspecified atom stereocenters. The number of hydrogen-bond donors (Lipinski definition) is 2. The molecule has 0 spiro atoms. The molecule has 0 saturated heterocycles. The molecule has 0 radical (unpaired) electrons. The Morgan fingerprint density at radius 3 is 2.70 bits per heavy atom. The van der Waals surface area contributed by atoms with E-state index in [0.717, 1.165) is 35.3 Å². The summed E-state index contributed by atoms with van der Waals surface area (Å²) in [6.07, 6.45) is 4.87. The van der Waals surface area contributed by atoms with Crippen LogP contribution in [0.3, 0.4) is 0 Å². The molecule has 8 nitrogen and oxygen atoms in total. The second kappa shape index (κ2) is 7.47. The fraction of sp³-hybridized carbons (Fsp3) is 0.182. The normalized spacial score (nSPS) is 12.7. The summed E-state index contributed by atoms with van der Waals surface area (Å²) in [6, 6.07) is 17.3. The van der Waals surface area contributed by atoms with Crippen molar-refractivity contribution >= 4 is 28.9 Å². The number of carbonyl (C=O) groups is 1. The number of para-hydroxylation sites is 1. The standard InChI is InChI=1S/C22H20N6O2/c29-20(24-18-10-9-15-5-4-6-16(15)13-18)14-28-22(30)27-12-11-19(25-21(27)26-28)23-17-7-2-1-3-8-17/h1-3,7-13H,4-6,14H2,(H,24,29)(H,23,25,26). The van der Waals surface area contributed by atoms with E-state index in [9.17, 15) is 9.59 Å². The van der Waals surface area contributed by atoms with Crippen molar-refractivity contribution < 1.29 is 4.79 Å². The van der Waals surface area contributed by atoms with E-state index in [2.05, 4.69) is 26.8 Å². The van der Waals surface area contributed by atoms with Gasteiger partial charge in [0.25, 0.3) is 5.78 Å². The number of carbonyl (C=O) groups excluding carboxylic acids is 1. The third-order valence-electron chi connectivity index (χ3n) is 5.18. The first kappa shape index (κ1) is 18.1. The van der Waals surface area contributed by atoms with Gasteiger partial charge in [0.15, 0.2) is 0 Å². The molecule has 5 rings (SSSR count). The molecule has 2 aromatic heterocycles. The highest BCUT2D eigenvalue weighted by atomic mass is 16.2. The lowest BCUT2D eigenvalue weighted by Gasteiger charge is -2.07. The zero-order chi connectivity index (χ0) is 20.5. The Hall–Kier alpha value is -3.94. The number of hydrogen-bond acceptors (Lipinski definition) is 5. The van der Waals surface area contributed by atoms with Crippen LogP contribution in [0.5, 0.6) is 0 Å². The molecule has 2 aromatic carbocycles. The van der Waals surface area contributed by atoms with Crippen LogP contribution in [0.2, 0.25) is 0 Å². The van der Waals surface area contributed by atoms with Crippen LogP contribution in [0.4, 0.5) is 17.2 Å². The van der Waals surface area contributed by atoms with Crippen LogP contribution < -0.4 is 16.3 Å². The third-order valence-corrected chi connectivity index (χ3v) is 5.18. The summed E-state index contributed by atoms with van der Waals surface area (Å²) < 4.78 is 2.44. The van der Waals surface area contributed by atoms with Crippen LogP contribution in [-0.4, -0.2) is 25.1 Å². The molecule has 150 valence electrons. The van der Waals surface area contributed by atoms with Gasteiger partial charge in [-0.3, -0.25) is 4.79 Å². The second-order valence-corrected chi connectivity index (χ2v) is 7.30. The van der Waals surface area contributed by atoms with Crippen molar-refractivity contribution in [2.45, 2.75) is 25.8 Å². The van der Waals surface area contributed by atoms with Crippen molar-refractivity contribution in [3.05, 3.63) is 82.4 Å². The smallest absolute Gasteiger partial charge is 0.340 e. The lowest BCUT2D eigenvalue weighted by Crippen LogP contribution is -2.28. The van der Waals surface area contributed by atoms with Gasteiger partial charge in [-0.25, -0.2) is 13.9 Å². The first-order valence-electron chi connectivity index (χ1n) is 9.86. The molecule has 4 aromatic rings. The quantitative estimate of drug-likeness (QED) is 0.537. The molecule has 2 N–H and O–H groups in total. The molecule has 0 fully saturated rings.